The second-order valence-electron chi connectivity index (χ2n) is 7.55. The third-order valence-corrected chi connectivity index (χ3v) is 6.38. The van der Waals surface area contributed by atoms with E-state index in [1.807, 2.05) is 18.2 Å². The molecule has 1 fully saturated rings. The Morgan fingerprint density at radius 3 is 2.96 bits per heavy atom. The minimum atomic E-state index is 0.300. The number of likely N-dealkylation sites (tertiary alicyclic amines) is 1. The van der Waals surface area contributed by atoms with E-state index >= 15 is 0 Å². The molecule has 0 amide bonds. The Bertz CT molecular complexity index is 718. The van der Waals surface area contributed by atoms with Crippen LogP contribution in [0.1, 0.15) is 44.1 Å². The molecule has 2 aliphatic heterocycles. The monoisotopic (exact) mass is 387 g/mol. The van der Waals surface area contributed by atoms with Crippen LogP contribution in [0.15, 0.2) is 35.0 Å². The number of hydrogen-bond donors (Lipinski definition) is 0. The number of thiophene rings is 1. The van der Waals surface area contributed by atoms with Crippen molar-refractivity contribution in [3.05, 3.63) is 40.6 Å². The van der Waals surface area contributed by atoms with Crippen LogP contribution in [-0.4, -0.2) is 37.9 Å². The largest absolute Gasteiger partial charge is 0.493 e. The van der Waals surface area contributed by atoms with Crippen molar-refractivity contribution in [2.24, 2.45) is 5.92 Å². The molecule has 1 aromatic carbocycles. The van der Waals surface area contributed by atoms with Gasteiger partial charge in [-0.3, -0.25) is 0 Å². The summed E-state index contributed by atoms with van der Waals surface area (Å²) in [6.07, 6.45) is 5.12. The van der Waals surface area contributed by atoms with Crippen LogP contribution in [0.5, 0.6) is 17.2 Å². The van der Waals surface area contributed by atoms with Gasteiger partial charge in [-0.15, -0.1) is 0 Å². The number of rotatable bonds is 8. The van der Waals surface area contributed by atoms with E-state index in [9.17, 15) is 0 Å². The number of fused-ring (bicyclic) bond motifs is 1. The molecule has 2 aromatic rings. The average molecular weight is 388 g/mol. The zero-order chi connectivity index (χ0) is 18.5. The van der Waals surface area contributed by atoms with E-state index < -0.39 is 0 Å². The molecule has 2 aliphatic rings. The van der Waals surface area contributed by atoms with Gasteiger partial charge in [0, 0.05) is 18.5 Å². The number of unbranched alkanes of at least 4 members (excludes halogenated alkanes) is 2. The summed E-state index contributed by atoms with van der Waals surface area (Å²) in [7, 11) is 0. The summed E-state index contributed by atoms with van der Waals surface area (Å²) in [5.74, 6) is 3.56. The van der Waals surface area contributed by atoms with Crippen LogP contribution in [0.4, 0.5) is 0 Å². The van der Waals surface area contributed by atoms with Crippen molar-refractivity contribution in [2.45, 2.75) is 38.5 Å². The highest BCUT2D eigenvalue weighted by atomic mass is 32.1. The van der Waals surface area contributed by atoms with Crippen LogP contribution in [0.3, 0.4) is 0 Å². The Kier molecular flexibility index (Phi) is 6.20. The van der Waals surface area contributed by atoms with E-state index in [0.29, 0.717) is 18.6 Å². The third-order valence-electron chi connectivity index (χ3n) is 5.68. The number of ether oxygens (including phenoxy) is 3. The van der Waals surface area contributed by atoms with Gasteiger partial charge in [0.1, 0.15) is 5.75 Å². The van der Waals surface area contributed by atoms with E-state index in [-0.39, 0.29) is 0 Å². The van der Waals surface area contributed by atoms with E-state index in [1.54, 1.807) is 11.3 Å². The smallest absolute Gasteiger partial charge is 0.231 e. The first-order valence-electron chi connectivity index (χ1n) is 10.1. The molecular formula is C22H29NO3S. The number of benzene rings is 1. The fourth-order valence-electron chi connectivity index (χ4n) is 4.16. The number of nitrogens with zero attached hydrogens (tertiary/aromatic N) is 1. The van der Waals surface area contributed by atoms with Gasteiger partial charge in [-0.05, 0) is 66.4 Å². The summed E-state index contributed by atoms with van der Waals surface area (Å²) in [6, 6.07) is 8.15. The van der Waals surface area contributed by atoms with Crippen molar-refractivity contribution in [1.82, 2.24) is 4.90 Å². The highest BCUT2D eigenvalue weighted by molar-refractivity contribution is 7.07. The van der Waals surface area contributed by atoms with Crippen LogP contribution in [0.2, 0.25) is 0 Å². The Balaban J connectivity index is 1.40. The van der Waals surface area contributed by atoms with Crippen LogP contribution in [-0.2, 0) is 0 Å². The summed E-state index contributed by atoms with van der Waals surface area (Å²) >= 11 is 1.80. The average Bonchev–Trinajstić information content (AvgIpc) is 3.38. The zero-order valence-corrected chi connectivity index (χ0v) is 16.9. The lowest BCUT2D eigenvalue weighted by molar-refractivity contribution is 0.109. The van der Waals surface area contributed by atoms with Gasteiger partial charge in [-0.1, -0.05) is 19.8 Å². The third kappa shape index (κ3) is 4.58. The number of hydrogen-bond acceptors (Lipinski definition) is 5. The molecular weight excluding hydrogens is 358 g/mol. The molecule has 1 aromatic heterocycles. The predicted molar refractivity (Wildman–Crippen MR) is 109 cm³/mol. The second-order valence-corrected chi connectivity index (χ2v) is 8.33. The minimum absolute atomic E-state index is 0.300. The van der Waals surface area contributed by atoms with Crippen molar-refractivity contribution in [1.29, 1.82) is 0 Å². The summed E-state index contributed by atoms with van der Waals surface area (Å²) in [5, 5.41) is 4.50. The Hall–Kier alpha value is -1.72. The highest BCUT2D eigenvalue weighted by Gasteiger charge is 2.31. The summed E-state index contributed by atoms with van der Waals surface area (Å²) in [4.78, 5) is 2.63. The maximum atomic E-state index is 6.21. The molecule has 0 radical (unpaired) electrons. The first kappa shape index (κ1) is 18.6. The van der Waals surface area contributed by atoms with E-state index in [2.05, 4.69) is 28.7 Å². The van der Waals surface area contributed by atoms with Gasteiger partial charge in [0.25, 0.3) is 0 Å². The van der Waals surface area contributed by atoms with E-state index in [1.165, 1.54) is 44.3 Å². The molecule has 0 saturated carbocycles. The molecule has 3 heterocycles. The molecule has 0 aliphatic carbocycles. The van der Waals surface area contributed by atoms with Gasteiger partial charge in [0.2, 0.25) is 6.79 Å². The predicted octanol–water partition coefficient (Wildman–Crippen LogP) is 5.15. The Labute approximate surface area is 166 Å². The summed E-state index contributed by atoms with van der Waals surface area (Å²) < 4.78 is 17.1. The lowest BCUT2D eigenvalue weighted by Crippen LogP contribution is -2.42. The van der Waals surface area contributed by atoms with Crippen molar-refractivity contribution < 1.29 is 14.2 Å². The van der Waals surface area contributed by atoms with Crippen LogP contribution in [0.25, 0.3) is 0 Å². The first-order valence-corrected chi connectivity index (χ1v) is 11.0. The quantitative estimate of drug-likeness (QED) is 0.586. The van der Waals surface area contributed by atoms with Crippen molar-refractivity contribution in [3.63, 3.8) is 0 Å². The molecule has 0 spiro atoms. The fraction of sp³-hybridized carbons (Fsp3) is 0.545. The molecule has 0 bridgehead atoms. The van der Waals surface area contributed by atoms with E-state index in [4.69, 9.17) is 14.2 Å². The Morgan fingerprint density at radius 2 is 2.11 bits per heavy atom. The van der Waals surface area contributed by atoms with Gasteiger partial charge in [-0.2, -0.15) is 11.3 Å². The summed E-state index contributed by atoms with van der Waals surface area (Å²) in [5.41, 5.74) is 1.48. The number of piperidine rings is 1. The van der Waals surface area contributed by atoms with Gasteiger partial charge in [0.05, 0.1) is 6.61 Å². The molecule has 0 N–H and O–H groups in total. The molecule has 1 saturated heterocycles. The SMILES string of the molecule is CCCCCN1CC[C@@H](c2ccsc2)[C@H](COc2ccc3c(c2)OCO3)C1. The lowest BCUT2D eigenvalue weighted by atomic mass is 9.82. The van der Waals surface area contributed by atoms with Crippen LogP contribution in [0, 0.1) is 5.92 Å². The maximum Gasteiger partial charge on any atom is 0.231 e. The maximum absolute atomic E-state index is 6.21. The lowest BCUT2D eigenvalue weighted by Gasteiger charge is -2.38. The zero-order valence-electron chi connectivity index (χ0n) is 16.1. The normalized spacial score (nSPS) is 22.1. The van der Waals surface area contributed by atoms with Gasteiger partial charge in [-0.25, -0.2) is 0 Å². The molecule has 5 heteroatoms. The topological polar surface area (TPSA) is 30.9 Å². The van der Waals surface area contributed by atoms with Gasteiger partial charge < -0.3 is 19.1 Å². The van der Waals surface area contributed by atoms with E-state index in [0.717, 1.165) is 30.4 Å². The van der Waals surface area contributed by atoms with Gasteiger partial charge >= 0.3 is 0 Å². The van der Waals surface area contributed by atoms with Crippen LogP contribution >= 0.6 is 11.3 Å². The van der Waals surface area contributed by atoms with Crippen LogP contribution < -0.4 is 14.2 Å². The first-order chi connectivity index (χ1) is 13.3. The molecule has 27 heavy (non-hydrogen) atoms. The molecule has 2 atom stereocenters. The molecule has 4 rings (SSSR count). The Morgan fingerprint density at radius 1 is 1.19 bits per heavy atom. The van der Waals surface area contributed by atoms with Crippen molar-refractivity contribution >= 4 is 11.3 Å². The molecule has 146 valence electrons. The fourth-order valence-corrected chi connectivity index (χ4v) is 4.88. The highest BCUT2D eigenvalue weighted by Crippen LogP contribution is 2.37. The molecule has 0 unspecified atom stereocenters. The minimum Gasteiger partial charge on any atom is -0.493 e. The molecule has 4 nitrogen and oxygen atoms in total. The van der Waals surface area contributed by atoms with Crippen molar-refractivity contribution in [3.8, 4) is 17.2 Å². The second kappa shape index (κ2) is 8.98. The van der Waals surface area contributed by atoms with Gasteiger partial charge in [0.15, 0.2) is 11.5 Å². The summed E-state index contributed by atoms with van der Waals surface area (Å²) in [6.45, 7) is 6.84. The van der Waals surface area contributed by atoms with Crippen molar-refractivity contribution in [2.75, 3.05) is 33.0 Å². The standard InChI is InChI=1S/C22H29NO3S/c1-2-3-4-9-23-10-7-20(17-8-11-27-15-17)18(13-23)14-24-19-5-6-21-22(12-19)26-16-25-21/h5-6,8,11-12,15,18,20H,2-4,7,9-10,13-14,16H2,1H3/t18-,20-/m0/s1.